The Balaban J connectivity index is 1.31. The topological polar surface area (TPSA) is 122 Å². The lowest BCUT2D eigenvalue weighted by Gasteiger charge is -2.16. The maximum absolute atomic E-state index is 14.7. The summed E-state index contributed by atoms with van der Waals surface area (Å²) < 4.78 is 93.1. The number of ether oxygens (including phenoxy) is 1. The van der Waals surface area contributed by atoms with Crippen molar-refractivity contribution >= 4 is 39.3 Å². The molecule has 4 aromatic heterocycles. The molecule has 1 N–H and O–H groups in total. The molecule has 1 amide bonds. The Kier molecular flexibility index (Phi) is 7.63. The molecule has 0 radical (unpaired) electrons. The van der Waals surface area contributed by atoms with Gasteiger partial charge in [0.15, 0.2) is 11.6 Å². The van der Waals surface area contributed by atoms with Gasteiger partial charge in [-0.25, -0.2) is 14.5 Å². The molecule has 50 heavy (non-hydrogen) atoms. The molecule has 7 rings (SSSR count). The molecule has 0 atom stereocenters. The number of pyridine rings is 1. The van der Waals surface area contributed by atoms with E-state index >= 15 is 0 Å². The van der Waals surface area contributed by atoms with E-state index in [2.05, 4.69) is 25.6 Å². The summed E-state index contributed by atoms with van der Waals surface area (Å²) in [5, 5.41) is 14.5. The molecule has 0 saturated heterocycles. The minimum absolute atomic E-state index is 0.121. The third-order valence-corrected chi connectivity index (χ3v) is 7.95. The van der Waals surface area contributed by atoms with Gasteiger partial charge in [-0.15, -0.1) is 0 Å². The van der Waals surface area contributed by atoms with Gasteiger partial charge in [0.25, 0.3) is 5.91 Å². The van der Waals surface area contributed by atoms with Crippen molar-refractivity contribution < 1.29 is 40.7 Å². The second kappa shape index (κ2) is 11.9. The van der Waals surface area contributed by atoms with Gasteiger partial charge < -0.3 is 14.6 Å². The van der Waals surface area contributed by atoms with E-state index in [-0.39, 0.29) is 23.0 Å². The van der Waals surface area contributed by atoms with Gasteiger partial charge in [0.05, 0.1) is 60.9 Å². The van der Waals surface area contributed by atoms with Crippen LogP contribution in [0, 0.1) is 0 Å². The lowest BCUT2D eigenvalue weighted by atomic mass is 10.1. The summed E-state index contributed by atoms with van der Waals surface area (Å²) in [5.74, 6) is 1.18. The molecular weight excluding hydrogens is 670 g/mol. The molecule has 0 spiro atoms. The molecule has 3 aromatic carbocycles. The van der Waals surface area contributed by atoms with Crippen LogP contribution in [0.1, 0.15) is 27.2 Å². The van der Waals surface area contributed by atoms with Crippen LogP contribution in [0.25, 0.3) is 33.2 Å². The van der Waals surface area contributed by atoms with E-state index in [1.54, 1.807) is 41.0 Å². The van der Waals surface area contributed by atoms with E-state index in [0.717, 1.165) is 28.7 Å². The number of hydrogen-bond donors (Lipinski definition) is 1. The highest BCUT2D eigenvalue weighted by Gasteiger charge is 2.41. The number of rotatable bonds is 7. The number of carbonyl (C=O) groups excluding carboxylic acids is 2. The van der Waals surface area contributed by atoms with Crippen molar-refractivity contribution in [2.24, 2.45) is 0 Å². The van der Waals surface area contributed by atoms with E-state index in [9.17, 15) is 35.9 Å². The normalized spacial score (nSPS) is 12.1. The summed E-state index contributed by atoms with van der Waals surface area (Å²) >= 11 is 0. The molecule has 252 valence electrons. The molecule has 0 aliphatic rings. The Hall–Kier alpha value is -6.48. The van der Waals surface area contributed by atoms with Gasteiger partial charge >= 0.3 is 12.4 Å². The second-order valence-corrected chi connectivity index (χ2v) is 10.9. The molecule has 0 aliphatic carbocycles. The fourth-order valence-electron chi connectivity index (χ4n) is 5.79. The zero-order chi connectivity index (χ0) is 35.4. The Morgan fingerprint density at radius 2 is 1.60 bits per heavy atom. The Labute approximate surface area is 276 Å². The van der Waals surface area contributed by atoms with E-state index in [1.807, 2.05) is 5.94 Å². The van der Waals surface area contributed by atoms with Crippen molar-refractivity contribution in [3.63, 3.8) is 0 Å². The summed E-state index contributed by atoms with van der Waals surface area (Å²) in [6.45, 7) is 0.181. The number of halogens is 6. The number of benzene rings is 3. The Bertz CT molecular complexity index is 2480. The van der Waals surface area contributed by atoms with Crippen LogP contribution in [-0.4, -0.2) is 53.3 Å². The summed E-state index contributed by atoms with van der Waals surface area (Å²) in [4.78, 5) is 30.6. The number of methoxy groups -OCH3 is 1. The largest absolute Gasteiger partial charge is 0.497 e. The van der Waals surface area contributed by atoms with Crippen molar-refractivity contribution in [1.29, 1.82) is 0 Å². The number of anilines is 1. The fraction of sp³-hybridized carbons (Fsp3) is 0.121. The van der Waals surface area contributed by atoms with Gasteiger partial charge in [0.1, 0.15) is 16.7 Å². The highest BCUT2D eigenvalue weighted by atomic mass is 19.4. The average molecular weight is 691 g/mol. The first-order valence-electron chi connectivity index (χ1n) is 14.5. The Morgan fingerprint density at radius 3 is 2.26 bits per heavy atom. The van der Waals surface area contributed by atoms with Gasteiger partial charge in [0, 0.05) is 21.8 Å². The highest BCUT2D eigenvalue weighted by Crippen LogP contribution is 2.38. The van der Waals surface area contributed by atoms with Gasteiger partial charge in [0.2, 0.25) is 0 Å². The van der Waals surface area contributed by atoms with Crippen molar-refractivity contribution in [3.05, 3.63) is 113 Å². The molecule has 17 heteroatoms. The van der Waals surface area contributed by atoms with E-state index in [0.29, 0.717) is 39.1 Å². The quantitative estimate of drug-likeness (QED) is 0.219. The van der Waals surface area contributed by atoms with Gasteiger partial charge in [-0.3, -0.25) is 4.79 Å². The molecule has 0 aliphatic heterocycles. The van der Waals surface area contributed by atoms with Gasteiger partial charge in [-0.1, -0.05) is 30.3 Å². The zero-order valence-electron chi connectivity index (χ0n) is 25.4. The van der Waals surface area contributed by atoms with Gasteiger partial charge in [-0.05, 0) is 35.9 Å². The summed E-state index contributed by atoms with van der Waals surface area (Å²) in [6.07, 6.45) is -5.94. The smallest absolute Gasteiger partial charge is 0.434 e. The van der Waals surface area contributed by atoms with Crippen molar-refractivity contribution in [2.75, 3.05) is 12.4 Å². The maximum atomic E-state index is 14.7. The number of aromatic nitrogens is 7. The summed E-state index contributed by atoms with van der Waals surface area (Å²) in [7, 11) is 1.52. The molecular formula is C33H20F6N8O3. The minimum Gasteiger partial charge on any atom is -0.497 e. The number of alkyl halides is 6. The first-order valence-corrected chi connectivity index (χ1v) is 14.5. The number of nitrogens with zero attached hydrogens (tertiary/aromatic N) is 7. The van der Waals surface area contributed by atoms with Crippen molar-refractivity contribution in [3.8, 4) is 17.1 Å². The van der Waals surface area contributed by atoms with Crippen molar-refractivity contribution in [1.82, 2.24) is 34.3 Å². The molecule has 0 bridgehead atoms. The molecule has 0 saturated carbocycles. The molecule has 4 heterocycles. The highest BCUT2D eigenvalue weighted by molar-refractivity contribution is 6.12. The first kappa shape index (κ1) is 32.1. The molecule has 0 unspecified atom stereocenters. The third-order valence-electron chi connectivity index (χ3n) is 7.95. The predicted octanol–water partition coefficient (Wildman–Crippen LogP) is 5.52. The molecule has 0 fully saturated rings. The fourth-order valence-corrected chi connectivity index (χ4v) is 5.79. The van der Waals surface area contributed by atoms with Crippen LogP contribution in [-0.2, 0) is 23.7 Å². The van der Waals surface area contributed by atoms with E-state index in [4.69, 9.17) is 4.74 Å². The summed E-state index contributed by atoms with van der Waals surface area (Å²) in [6, 6.07) is 14.4. The van der Waals surface area contributed by atoms with Crippen LogP contribution in [0.3, 0.4) is 0 Å². The maximum Gasteiger partial charge on any atom is 0.434 e. The SMILES string of the molecule is COc1ccc(Cn2c(=C=O)c3cccc4c(-n5ncc(C(=O)Nc6ccc(-n7nccn7)c(C(F)(F)F)c6)c5C(F)(F)F)cnc2c43)cc1. The van der Waals surface area contributed by atoms with Crippen molar-refractivity contribution in [2.45, 2.75) is 18.9 Å². The van der Waals surface area contributed by atoms with Crippen LogP contribution in [0.4, 0.5) is 32.0 Å². The van der Waals surface area contributed by atoms with Crippen LogP contribution < -0.4 is 15.4 Å². The number of carbonyl (C=O) groups is 1. The van der Waals surface area contributed by atoms with Crippen LogP contribution in [0.15, 0.2) is 85.5 Å². The van der Waals surface area contributed by atoms with Crippen LogP contribution in [0.5, 0.6) is 5.75 Å². The number of hydrogen-bond acceptors (Lipinski definition) is 7. The van der Waals surface area contributed by atoms with E-state index in [1.165, 1.54) is 25.6 Å². The van der Waals surface area contributed by atoms with Crippen LogP contribution in [0.2, 0.25) is 0 Å². The predicted molar refractivity (Wildman–Crippen MR) is 166 cm³/mol. The molecule has 7 aromatic rings. The van der Waals surface area contributed by atoms with E-state index < -0.39 is 46.5 Å². The summed E-state index contributed by atoms with van der Waals surface area (Å²) in [5.41, 5.74) is -3.67. The number of nitrogens with one attached hydrogen (secondary N) is 1. The first-order chi connectivity index (χ1) is 23.9. The molecule has 11 nitrogen and oxygen atoms in total. The monoisotopic (exact) mass is 690 g/mol. The average Bonchev–Trinajstić information content (AvgIpc) is 3.84. The zero-order valence-corrected chi connectivity index (χ0v) is 25.4. The van der Waals surface area contributed by atoms with Gasteiger partial charge in [-0.2, -0.15) is 46.4 Å². The minimum atomic E-state index is -5.16. The second-order valence-electron chi connectivity index (χ2n) is 10.9. The third kappa shape index (κ3) is 5.48. The lowest BCUT2D eigenvalue weighted by Crippen LogP contribution is -2.21. The Morgan fingerprint density at radius 1 is 0.880 bits per heavy atom. The lowest BCUT2D eigenvalue weighted by molar-refractivity contribution is -0.143. The standard InChI is InChI=1S/C33H20F6N8O3/c1-50-20-8-5-18(6-9-20)16-45-27(17-48)22-4-2-3-21-26(15-40-30(45)28(21)22)46-29(33(37,38)39)23(14-43-46)31(49)44-19-7-10-25(47-41-11-12-42-47)24(13-19)32(34,35)36/h2-15H,16H2,1H3,(H,44,49). The van der Waals surface area contributed by atoms with Crippen LogP contribution >= 0.6 is 0 Å². The number of amides is 1.